The van der Waals surface area contributed by atoms with Crippen molar-refractivity contribution < 1.29 is 0 Å². The van der Waals surface area contributed by atoms with Crippen molar-refractivity contribution in [1.29, 1.82) is 0 Å². The minimum absolute atomic E-state index is 0.711. The van der Waals surface area contributed by atoms with Crippen molar-refractivity contribution in [2.24, 2.45) is 0 Å². The van der Waals surface area contributed by atoms with Gasteiger partial charge >= 0.3 is 0 Å². The number of hydrogen-bond acceptors (Lipinski definition) is 2. The van der Waals surface area contributed by atoms with E-state index in [9.17, 15) is 0 Å². The van der Waals surface area contributed by atoms with Gasteiger partial charge in [-0.1, -0.05) is 121 Å². The maximum Gasteiger partial charge on any atom is 0.160 e. The van der Waals surface area contributed by atoms with E-state index in [1.54, 1.807) is 0 Å². The van der Waals surface area contributed by atoms with Gasteiger partial charge in [0.25, 0.3) is 0 Å². The predicted octanol–water partition coefficient (Wildman–Crippen LogP) is 11.4. The van der Waals surface area contributed by atoms with E-state index in [4.69, 9.17) is 9.97 Å². The summed E-state index contributed by atoms with van der Waals surface area (Å²) in [7, 11) is 0. The van der Waals surface area contributed by atoms with Crippen LogP contribution in [0.15, 0.2) is 164 Å². The first kappa shape index (κ1) is 26.0. The molecule has 1 aliphatic carbocycles. The van der Waals surface area contributed by atoms with E-state index in [0.717, 1.165) is 33.8 Å². The molecular weight excluding hydrogens is 571 g/mol. The van der Waals surface area contributed by atoms with Crippen LogP contribution in [0.1, 0.15) is 0 Å². The Labute approximate surface area is 272 Å². The Balaban J connectivity index is 1.17. The third-order valence-corrected chi connectivity index (χ3v) is 9.55. The fourth-order valence-corrected chi connectivity index (χ4v) is 7.44. The second-order valence-electron chi connectivity index (χ2n) is 12.2. The van der Waals surface area contributed by atoms with Gasteiger partial charge in [-0.2, -0.15) is 0 Å². The van der Waals surface area contributed by atoms with Gasteiger partial charge in [0.1, 0.15) is 0 Å². The number of aromatic nitrogens is 3. The summed E-state index contributed by atoms with van der Waals surface area (Å²) < 4.78 is 2.43. The van der Waals surface area contributed by atoms with Gasteiger partial charge in [-0.05, 0) is 70.1 Å². The Morgan fingerprint density at radius 1 is 0.383 bits per heavy atom. The molecule has 1 aliphatic rings. The molecule has 0 saturated heterocycles. The molecular formula is C44H27N3. The molecule has 9 aromatic rings. The Morgan fingerprint density at radius 2 is 0.957 bits per heavy atom. The Hall–Kier alpha value is -6.32. The van der Waals surface area contributed by atoms with Crippen LogP contribution in [0.4, 0.5) is 0 Å². The molecule has 3 heteroatoms. The topological polar surface area (TPSA) is 30.7 Å². The first-order valence-electron chi connectivity index (χ1n) is 16.0. The summed E-state index contributed by atoms with van der Waals surface area (Å²) in [5.41, 5.74) is 13.7. The Morgan fingerprint density at radius 3 is 1.66 bits per heavy atom. The van der Waals surface area contributed by atoms with Crippen molar-refractivity contribution in [3.8, 4) is 61.8 Å². The van der Waals surface area contributed by atoms with Gasteiger partial charge in [-0.25, -0.2) is 9.97 Å². The zero-order chi connectivity index (χ0) is 30.9. The zero-order valence-electron chi connectivity index (χ0n) is 25.4. The van der Waals surface area contributed by atoms with Crippen molar-refractivity contribution in [2.75, 3.05) is 0 Å². The first-order valence-corrected chi connectivity index (χ1v) is 16.0. The normalized spacial score (nSPS) is 11.8. The highest BCUT2D eigenvalue weighted by atomic mass is 15.0. The van der Waals surface area contributed by atoms with Crippen LogP contribution in [-0.2, 0) is 0 Å². The van der Waals surface area contributed by atoms with Crippen LogP contribution >= 0.6 is 0 Å². The highest BCUT2D eigenvalue weighted by molar-refractivity contribution is 6.27. The second-order valence-corrected chi connectivity index (χ2v) is 12.2. The van der Waals surface area contributed by atoms with Crippen LogP contribution in [0.5, 0.6) is 0 Å². The van der Waals surface area contributed by atoms with E-state index < -0.39 is 0 Å². The Bertz CT molecular complexity index is 2590. The van der Waals surface area contributed by atoms with Gasteiger partial charge in [-0.3, -0.25) is 0 Å². The first-order chi connectivity index (χ1) is 23.3. The molecule has 2 aromatic heterocycles. The highest BCUT2D eigenvalue weighted by Gasteiger charge is 2.25. The van der Waals surface area contributed by atoms with E-state index in [2.05, 4.69) is 156 Å². The van der Waals surface area contributed by atoms with E-state index in [0.29, 0.717) is 5.82 Å². The second kappa shape index (κ2) is 10.1. The van der Waals surface area contributed by atoms with Crippen LogP contribution in [0.2, 0.25) is 0 Å². The van der Waals surface area contributed by atoms with Gasteiger partial charge in [0.05, 0.1) is 22.4 Å². The van der Waals surface area contributed by atoms with Gasteiger partial charge < -0.3 is 4.57 Å². The van der Waals surface area contributed by atoms with Gasteiger partial charge in [0, 0.05) is 38.5 Å². The molecule has 0 spiro atoms. The van der Waals surface area contributed by atoms with E-state index >= 15 is 0 Å². The lowest BCUT2D eigenvalue weighted by molar-refractivity contribution is 1.17. The molecule has 3 nitrogen and oxygen atoms in total. The largest absolute Gasteiger partial charge is 0.309 e. The highest BCUT2D eigenvalue weighted by Crippen LogP contribution is 2.51. The quantitative estimate of drug-likeness (QED) is 0.202. The number of nitrogens with zero attached hydrogens (tertiary/aromatic N) is 3. The van der Waals surface area contributed by atoms with Gasteiger partial charge in [0.2, 0.25) is 0 Å². The monoisotopic (exact) mass is 597 g/mol. The molecule has 0 aliphatic heterocycles. The maximum atomic E-state index is 5.06. The SMILES string of the molecule is c1ccc(-c2cc(-c3ccccc3)nc(-c3ccc(-n4c5ccccc5c5cc6c7c(cccc7c54)-c4ccccc4-6)cc3)n2)cc1. The van der Waals surface area contributed by atoms with Crippen LogP contribution < -0.4 is 0 Å². The van der Waals surface area contributed by atoms with Crippen LogP contribution in [-0.4, -0.2) is 14.5 Å². The molecule has 0 saturated carbocycles. The molecule has 2 heterocycles. The molecule has 7 aromatic carbocycles. The summed E-state index contributed by atoms with van der Waals surface area (Å²) in [6, 6.07) is 58.2. The molecule has 0 N–H and O–H groups in total. The predicted molar refractivity (Wildman–Crippen MR) is 195 cm³/mol. The Kier molecular flexibility index (Phi) is 5.57. The molecule has 0 unspecified atom stereocenters. The molecule has 0 fully saturated rings. The van der Waals surface area contributed by atoms with E-state index in [1.807, 2.05) is 12.1 Å². The summed E-state index contributed by atoms with van der Waals surface area (Å²) in [4.78, 5) is 10.1. The molecule has 10 rings (SSSR count). The van der Waals surface area contributed by atoms with Crippen LogP contribution in [0.25, 0.3) is 94.4 Å². The van der Waals surface area contributed by atoms with Crippen LogP contribution in [0, 0.1) is 0 Å². The number of para-hydroxylation sites is 1. The fourth-order valence-electron chi connectivity index (χ4n) is 7.44. The number of rotatable bonds is 4. The standard InChI is InChI=1S/C44H27N3/c1-3-12-28(13-4-1)39-27-40(29-14-5-2-6-15-29)46-44(45-39)30-22-24-31(25-23-30)47-41-21-10-9-18-34(41)38-26-37-33-17-8-7-16-32(33)35-19-11-20-36(42(35)37)43(38)47/h1-27H. The number of hydrogen-bond donors (Lipinski definition) is 0. The third kappa shape index (κ3) is 3.93. The molecule has 0 radical (unpaired) electrons. The number of fused-ring (bicyclic) bond motifs is 7. The van der Waals surface area contributed by atoms with Crippen molar-refractivity contribution in [2.45, 2.75) is 0 Å². The molecule has 0 bridgehead atoms. The van der Waals surface area contributed by atoms with E-state index in [1.165, 1.54) is 54.8 Å². The third-order valence-electron chi connectivity index (χ3n) is 9.55. The maximum absolute atomic E-state index is 5.06. The van der Waals surface area contributed by atoms with Gasteiger partial charge in [0.15, 0.2) is 5.82 Å². The lowest BCUT2D eigenvalue weighted by Gasteiger charge is -2.13. The average molecular weight is 598 g/mol. The lowest BCUT2D eigenvalue weighted by atomic mass is 9.99. The van der Waals surface area contributed by atoms with Crippen molar-refractivity contribution in [3.05, 3.63) is 164 Å². The summed E-state index contributed by atoms with van der Waals surface area (Å²) in [6.07, 6.45) is 0. The lowest BCUT2D eigenvalue weighted by Crippen LogP contribution is -1.97. The smallest absolute Gasteiger partial charge is 0.160 e. The van der Waals surface area contributed by atoms with Crippen LogP contribution in [0.3, 0.4) is 0 Å². The summed E-state index contributed by atoms with van der Waals surface area (Å²) in [5, 5.41) is 5.14. The minimum atomic E-state index is 0.711. The van der Waals surface area contributed by atoms with Crippen molar-refractivity contribution >= 4 is 32.6 Å². The number of benzene rings is 7. The van der Waals surface area contributed by atoms with Crippen molar-refractivity contribution in [1.82, 2.24) is 14.5 Å². The summed E-state index contributed by atoms with van der Waals surface area (Å²) >= 11 is 0. The van der Waals surface area contributed by atoms with E-state index in [-0.39, 0.29) is 0 Å². The zero-order valence-corrected chi connectivity index (χ0v) is 25.4. The summed E-state index contributed by atoms with van der Waals surface area (Å²) in [6.45, 7) is 0. The van der Waals surface area contributed by atoms with Crippen molar-refractivity contribution in [3.63, 3.8) is 0 Å². The molecule has 47 heavy (non-hydrogen) atoms. The minimum Gasteiger partial charge on any atom is -0.309 e. The molecule has 218 valence electrons. The summed E-state index contributed by atoms with van der Waals surface area (Å²) in [5.74, 6) is 0.711. The molecule has 0 atom stereocenters. The molecule has 0 amide bonds. The average Bonchev–Trinajstić information content (AvgIpc) is 3.66. The van der Waals surface area contributed by atoms with Gasteiger partial charge in [-0.15, -0.1) is 0 Å². The fraction of sp³-hybridized carbons (Fsp3) is 0.